The van der Waals surface area contributed by atoms with Crippen LogP contribution in [0.4, 0.5) is 17.6 Å². The highest BCUT2D eigenvalue weighted by Gasteiger charge is 2.31. The van der Waals surface area contributed by atoms with Crippen LogP contribution >= 0.6 is 0 Å². The van der Waals surface area contributed by atoms with E-state index in [9.17, 15) is 17.6 Å². The molecule has 0 spiro atoms. The van der Waals surface area contributed by atoms with Crippen molar-refractivity contribution in [3.63, 3.8) is 0 Å². The van der Waals surface area contributed by atoms with Crippen molar-refractivity contribution in [1.82, 2.24) is 10.3 Å². The van der Waals surface area contributed by atoms with Crippen molar-refractivity contribution in [1.29, 1.82) is 0 Å². The highest BCUT2D eigenvalue weighted by atomic mass is 19.2. The maximum atomic E-state index is 14.2. The van der Waals surface area contributed by atoms with Gasteiger partial charge in [0.25, 0.3) is 0 Å². The van der Waals surface area contributed by atoms with Gasteiger partial charge in [-0.15, -0.1) is 0 Å². The first kappa shape index (κ1) is 19.6. The minimum atomic E-state index is -2.00. The van der Waals surface area contributed by atoms with E-state index in [0.717, 1.165) is 16.8 Å². The van der Waals surface area contributed by atoms with Gasteiger partial charge in [0, 0.05) is 41.5 Å². The molecule has 1 atom stereocenters. The van der Waals surface area contributed by atoms with Crippen molar-refractivity contribution in [3.8, 4) is 5.75 Å². The standard InChI is InChI=1S/C22H20F4N2O/c23-10-22(26)18-9-15(2-4-20(18)24)29-16-7-14(8-16)28-12-19-17-5-6-27-11-13(17)1-3-21(19)25/h1-6,9,11,14,16,22,28H,7-8,10,12H2. The molecule has 1 aliphatic carbocycles. The lowest BCUT2D eigenvalue weighted by molar-refractivity contribution is 0.0838. The summed E-state index contributed by atoms with van der Waals surface area (Å²) in [7, 11) is 0. The molecule has 0 amide bonds. The van der Waals surface area contributed by atoms with Gasteiger partial charge in [-0.3, -0.25) is 4.98 Å². The molecule has 0 aliphatic heterocycles. The van der Waals surface area contributed by atoms with Gasteiger partial charge in [0.2, 0.25) is 0 Å². The molecule has 0 saturated heterocycles. The fraction of sp³-hybridized carbons (Fsp3) is 0.318. The first-order valence-corrected chi connectivity index (χ1v) is 9.45. The average Bonchev–Trinajstić information content (AvgIpc) is 2.71. The molecule has 7 heteroatoms. The number of ether oxygens (including phenoxy) is 1. The number of nitrogens with zero attached hydrogens (tertiary/aromatic N) is 1. The Morgan fingerprint density at radius 1 is 1.10 bits per heavy atom. The third-order valence-electron chi connectivity index (χ3n) is 5.28. The van der Waals surface area contributed by atoms with Crippen LogP contribution in [0.15, 0.2) is 48.8 Å². The highest BCUT2D eigenvalue weighted by Crippen LogP contribution is 2.30. The summed E-state index contributed by atoms with van der Waals surface area (Å²) in [5.74, 6) is -0.743. The molecule has 0 bridgehead atoms. The Bertz CT molecular complexity index is 1010. The summed E-state index contributed by atoms with van der Waals surface area (Å²) < 4.78 is 59.6. The Balaban J connectivity index is 1.33. The van der Waals surface area contributed by atoms with Gasteiger partial charge in [0.1, 0.15) is 30.2 Å². The molecule has 3 aromatic rings. The molecular weight excluding hydrogens is 384 g/mol. The summed E-state index contributed by atoms with van der Waals surface area (Å²) in [6.07, 6.45) is 2.59. The van der Waals surface area contributed by atoms with Crippen LogP contribution in [0, 0.1) is 11.6 Å². The van der Waals surface area contributed by atoms with E-state index in [1.54, 1.807) is 24.5 Å². The highest BCUT2D eigenvalue weighted by molar-refractivity contribution is 5.84. The monoisotopic (exact) mass is 404 g/mol. The Morgan fingerprint density at radius 3 is 2.69 bits per heavy atom. The van der Waals surface area contributed by atoms with Gasteiger partial charge < -0.3 is 10.1 Å². The fourth-order valence-electron chi connectivity index (χ4n) is 3.57. The first-order valence-electron chi connectivity index (χ1n) is 9.45. The third-order valence-corrected chi connectivity index (χ3v) is 5.28. The molecule has 2 aromatic carbocycles. The number of rotatable bonds is 7. The Morgan fingerprint density at radius 2 is 1.90 bits per heavy atom. The second-order valence-electron chi connectivity index (χ2n) is 7.22. The molecule has 4 rings (SSSR count). The van der Waals surface area contributed by atoms with Crippen LogP contribution in [-0.2, 0) is 6.54 Å². The van der Waals surface area contributed by atoms with Crippen LogP contribution in [0.5, 0.6) is 5.75 Å². The molecule has 0 radical (unpaired) electrons. The molecular formula is C22H20F4N2O. The van der Waals surface area contributed by atoms with E-state index >= 15 is 0 Å². The number of halogens is 4. The van der Waals surface area contributed by atoms with E-state index in [-0.39, 0.29) is 23.5 Å². The largest absolute Gasteiger partial charge is 0.490 e. The number of hydrogen-bond donors (Lipinski definition) is 1. The maximum absolute atomic E-state index is 14.2. The van der Waals surface area contributed by atoms with Gasteiger partial charge in [-0.1, -0.05) is 0 Å². The molecule has 29 heavy (non-hydrogen) atoms. The van der Waals surface area contributed by atoms with E-state index in [0.29, 0.717) is 30.7 Å². The first-order chi connectivity index (χ1) is 14.0. The molecule has 3 nitrogen and oxygen atoms in total. The molecule has 1 heterocycles. The summed E-state index contributed by atoms with van der Waals surface area (Å²) in [6.45, 7) is -0.901. The van der Waals surface area contributed by atoms with Crippen LogP contribution in [-0.4, -0.2) is 23.8 Å². The number of pyridine rings is 1. The second kappa shape index (κ2) is 8.37. The topological polar surface area (TPSA) is 34.1 Å². The normalized spacial score (nSPS) is 19.7. The number of hydrogen-bond acceptors (Lipinski definition) is 3. The van der Waals surface area contributed by atoms with Gasteiger partial charge in [0.15, 0.2) is 6.17 Å². The molecule has 152 valence electrons. The molecule has 1 fully saturated rings. The van der Waals surface area contributed by atoms with E-state index in [1.807, 2.05) is 0 Å². The summed E-state index contributed by atoms with van der Waals surface area (Å²) in [5.41, 5.74) is 0.262. The molecule has 1 aliphatic rings. The molecule has 1 N–H and O–H groups in total. The molecule has 1 unspecified atom stereocenters. The summed E-state index contributed by atoms with van der Waals surface area (Å²) >= 11 is 0. The number of aromatic nitrogens is 1. The van der Waals surface area contributed by atoms with Crippen LogP contribution in [0.3, 0.4) is 0 Å². The van der Waals surface area contributed by atoms with Crippen molar-refractivity contribution < 1.29 is 22.3 Å². The minimum absolute atomic E-state index is 0.115. The van der Waals surface area contributed by atoms with Crippen LogP contribution in [0.25, 0.3) is 10.8 Å². The lowest BCUT2D eigenvalue weighted by atomic mass is 9.89. The van der Waals surface area contributed by atoms with E-state index in [4.69, 9.17) is 4.74 Å². The van der Waals surface area contributed by atoms with Crippen molar-refractivity contribution >= 4 is 10.8 Å². The Hall–Kier alpha value is -2.67. The lowest BCUT2D eigenvalue weighted by Crippen LogP contribution is -2.46. The molecule has 1 aromatic heterocycles. The van der Waals surface area contributed by atoms with Crippen LogP contribution in [0.2, 0.25) is 0 Å². The Kier molecular flexibility index (Phi) is 5.67. The van der Waals surface area contributed by atoms with Crippen molar-refractivity contribution in [2.24, 2.45) is 0 Å². The van der Waals surface area contributed by atoms with Gasteiger partial charge in [-0.2, -0.15) is 0 Å². The average molecular weight is 404 g/mol. The summed E-state index contributed by atoms with van der Waals surface area (Å²) in [6, 6.07) is 8.79. The van der Waals surface area contributed by atoms with Gasteiger partial charge >= 0.3 is 0 Å². The predicted molar refractivity (Wildman–Crippen MR) is 102 cm³/mol. The van der Waals surface area contributed by atoms with Crippen LogP contribution < -0.4 is 10.1 Å². The van der Waals surface area contributed by atoms with Crippen LogP contribution in [0.1, 0.15) is 30.1 Å². The Labute approximate surface area is 165 Å². The van der Waals surface area contributed by atoms with Gasteiger partial charge in [0.05, 0.1) is 0 Å². The van der Waals surface area contributed by atoms with Crippen molar-refractivity contribution in [3.05, 3.63) is 71.6 Å². The van der Waals surface area contributed by atoms with Gasteiger partial charge in [-0.05, 0) is 54.6 Å². The zero-order valence-electron chi connectivity index (χ0n) is 15.5. The molecule has 1 saturated carbocycles. The summed E-state index contributed by atoms with van der Waals surface area (Å²) in [5, 5.41) is 5.03. The number of fused-ring (bicyclic) bond motifs is 1. The van der Waals surface area contributed by atoms with E-state index < -0.39 is 18.7 Å². The lowest BCUT2D eigenvalue weighted by Gasteiger charge is -2.36. The van der Waals surface area contributed by atoms with Crippen molar-refractivity contribution in [2.45, 2.75) is 37.7 Å². The van der Waals surface area contributed by atoms with Gasteiger partial charge in [-0.25, -0.2) is 17.6 Å². The fourth-order valence-corrected chi connectivity index (χ4v) is 3.57. The smallest absolute Gasteiger partial charge is 0.156 e. The second-order valence-corrected chi connectivity index (χ2v) is 7.22. The predicted octanol–water partition coefficient (Wildman–Crippen LogP) is 5.19. The SMILES string of the molecule is FCC(F)c1cc(OC2CC(NCc3c(F)ccc4cnccc34)C2)ccc1F. The van der Waals surface area contributed by atoms with E-state index in [1.165, 1.54) is 18.2 Å². The summed E-state index contributed by atoms with van der Waals surface area (Å²) in [4.78, 5) is 4.06. The van der Waals surface area contributed by atoms with E-state index in [2.05, 4.69) is 10.3 Å². The number of benzene rings is 2. The quantitative estimate of drug-likeness (QED) is 0.550. The third kappa shape index (κ3) is 4.19. The number of nitrogens with one attached hydrogen (secondary N) is 1. The van der Waals surface area contributed by atoms with Crippen molar-refractivity contribution in [2.75, 3.05) is 6.67 Å². The zero-order chi connectivity index (χ0) is 20.4. The number of alkyl halides is 2. The maximum Gasteiger partial charge on any atom is 0.156 e. The minimum Gasteiger partial charge on any atom is -0.490 e. The zero-order valence-corrected chi connectivity index (χ0v) is 15.5.